The maximum atomic E-state index is 9.42. The maximum Gasteiger partial charge on any atom is 0.134 e. The summed E-state index contributed by atoms with van der Waals surface area (Å²) in [4.78, 5) is 0. The molecule has 0 amide bonds. The van der Waals surface area contributed by atoms with E-state index >= 15 is 0 Å². The van der Waals surface area contributed by atoms with Gasteiger partial charge in [0.1, 0.15) is 12.2 Å². The third kappa shape index (κ3) is 10.8. The van der Waals surface area contributed by atoms with Crippen molar-refractivity contribution in [2.75, 3.05) is 0 Å². The Balaban J connectivity index is 3.91. The maximum absolute atomic E-state index is 9.42. The summed E-state index contributed by atoms with van der Waals surface area (Å²) in [6.07, 6.45) is 7.77. The molecule has 0 aromatic carbocycles. The third-order valence-corrected chi connectivity index (χ3v) is 2.02. The van der Waals surface area contributed by atoms with Crippen molar-refractivity contribution in [1.29, 1.82) is 0 Å². The van der Waals surface area contributed by atoms with Crippen molar-refractivity contribution in [2.45, 2.75) is 44.8 Å². The summed E-state index contributed by atoms with van der Waals surface area (Å²) in [5.41, 5.74) is 0. The minimum Gasteiger partial charge on any atom is -0.377 e. The summed E-state index contributed by atoms with van der Waals surface area (Å²) in [5, 5.41) is 18.4. The minimum atomic E-state index is -0.856. The Morgan fingerprint density at radius 3 is 2.35 bits per heavy atom. The van der Waals surface area contributed by atoms with Gasteiger partial charge in [-0.25, -0.2) is 0 Å². The van der Waals surface area contributed by atoms with Crippen LogP contribution in [0.5, 0.6) is 0 Å². The van der Waals surface area contributed by atoms with Crippen molar-refractivity contribution < 1.29 is 10.2 Å². The number of allylic oxidation sites excluding steroid dienone is 1. The molecule has 92 valence electrons. The molecule has 2 N–H and O–H groups in total. The highest BCUT2D eigenvalue weighted by Gasteiger charge is 1.89. The van der Waals surface area contributed by atoms with E-state index in [2.05, 4.69) is 37.2 Å². The van der Waals surface area contributed by atoms with Crippen LogP contribution in [0.3, 0.4) is 0 Å². The first-order valence-electron chi connectivity index (χ1n) is 5.87. The van der Waals surface area contributed by atoms with Crippen molar-refractivity contribution in [1.82, 2.24) is 0 Å². The van der Waals surface area contributed by atoms with Crippen molar-refractivity contribution in [2.24, 2.45) is 0 Å². The van der Waals surface area contributed by atoms with Crippen molar-refractivity contribution in [3.63, 3.8) is 0 Å². The smallest absolute Gasteiger partial charge is 0.134 e. The van der Waals surface area contributed by atoms with Crippen LogP contribution in [-0.2, 0) is 0 Å². The molecule has 0 saturated heterocycles. The molecule has 0 aromatic heterocycles. The molecule has 2 heteroatoms. The van der Waals surface area contributed by atoms with E-state index in [0.717, 1.165) is 12.8 Å². The van der Waals surface area contributed by atoms with Gasteiger partial charge in [-0.05, 0) is 30.8 Å². The first-order chi connectivity index (χ1) is 8.20. The number of unbranched alkanes of at least 4 members (excludes halogenated alkanes) is 3. The average Bonchev–Trinajstić information content (AvgIpc) is 2.34. The van der Waals surface area contributed by atoms with Crippen LogP contribution in [0.1, 0.15) is 32.6 Å². The Morgan fingerprint density at radius 2 is 1.76 bits per heavy atom. The molecule has 0 fully saturated rings. The lowest BCUT2D eigenvalue weighted by atomic mass is 10.2. The van der Waals surface area contributed by atoms with Gasteiger partial charge in [-0.3, -0.25) is 0 Å². The van der Waals surface area contributed by atoms with Crippen LogP contribution in [0, 0.1) is 23.7 Å². The van der Waals surface area contributed by atoms with Gasteiger partial charge in [0, 0.05) is 0 Å². The molecule has 0 spiro atoms. The summed E-state index contributed by atoms with van der Waals surface area (Å²) in [7, 11) is 0. The lowest BCUT2D eigenvalue weighted by Gasteiger charge is -1.94. The SMILES string of the molecule is C=CC(O)C#CC#CC(O)/C=C\CCCCC. The molecule has 0 radical (unpaired) electrons. The monoisotopic (exact) mass is 232 g/mol. The molecule has 0 aliphatic carbocycles. The number of hydrogen-bond acceptors (Lipinski definition) is 2. The van der Waals surface area contributed by atoms with E-state index in [4.69, 9.17) is 5.11 Å². The van der Waals surface area contributed by atoms with Gasteiger partial charge in [0.05, 0.1) is 0 Å². The van der Waals surface area contributed by atoms with E-state index < -0.39 is 12.2 Å². The molecule has 0 heterocycles. The Morgan fingerprint density at radius 1 is 1.12 bits per heavy atom. The fourth-order valence-electron chi connectivity index (χ4n) is 1.06. The van der Waals surface area contributed by atoms with E-state index in [0.29, 0.717) is 0 Å². The van der Waals surface area contributed by atoms with Crippen molar-refractivity contribution >= 4 is 0 Å². The molecule has 17 heavy (non-hydrogen) atoms. The summed E-state index contributed by atoms with van der Waals surface area (Å²) < 4.78 is 0. The van der Waals surface area contributed by atoms with E-state index in [-0.39, 0.29) is 0 Å². The highest BCUT2D eigenvalue weighted by atomic mass is 16.3. The topological polar surface area (TPSA) is 40.5 Å². The second-order valence-electron chi connectivity index (χ2n) is 3.59. The lowest BCUT2D eigenvalue weighted by molar-refractivity contribution is 0.280. The van der Waals surface area contributed by atoms with Gasteiger partial charge in [0.25, 0.3) is 0 Å². The van der Waals surface area contributed by atoms with Crippen LogP contribution in [0.15, 0.2) is 24.8 Å². The molecule has 0 saturated carbocycles. The second-order valence-corrected chi connectivity index (χ2v) is 3.59. The van der Waals surface area contributed by atoms with E-state index in [1.165, 1.54) is 18.9 Å². The average molecular weight is 232 g/mol. The van der Waals surface area contributed by atoms with Gasteiger partial charge in [-0.1, -0.05) is 50.3 Å². The largest absolute Gasteiger partial charge is 0.377 e. The molecule has 0 rings (SSSR count). The Hall–Kier alpha value is -1.48. The number of aliphatic hydroxyl groups excluding tert-OH is 2. The molecule has 2 atom stereocenters. The molecule has 2 unspecified atom stereocenters. The minimum absolute atomic E-state index is 0.785. The molecular formula is C15H20O2. The summed E-state index contributed by atoms with van der Waals surface area (Å²) in [6.45, 7) is 5.53. The molecule has 2 nitrogen and oxygen atoms in total. The highest BCUT2D eigenvalue weighted by molar-refractivity contribution is 5.31. The van der Waals surface area contributed by atoms with E-state index in [1.807, 2.05) is 6.08 Å². The van der Waals surface area contributed by atoms with Gasteiger partial charge >= 0.3 is 0 Å². The van der Waals surface area contributed by atoms with Gasteiger partial charge < -0.3 is 10.2 Å². The van der Waals surface area contributed by atoms with Crippen LogP contribution in [0.2, 0.25) is 0 Å². The summed E-state index contributed by atoms with van der Waals surface area (Å²) >= 11 is 0. The standard InChI is InChI=1S/C15H20O2/c1-3-5-6-7-8-12-15(17)13-10-9-11-14(16)4-2/h4,8,12,14-17H,2-3,5-7H2,1H3/b12-8-. The normalized spacial score (nSPS) is 13.1. The van der Waals surface area contributed by atoms with Crippen molar-refractivity contribution in [3.05, 3.63) is 24.8 Å². The van der Waals surface area contributed by atoms with Gasteiger partial charge in [0.15, 0.2) is 0 Å². The fraction of sp³-hybridized carbons (Fsp3) is 0.467. The van der Waals surface area contributed by atoms with Crippen LogP contribution < -0.4 is 0 Å². The van der Waals surface area contributed by atoms with E-state index in [9.17, 15) is 5.11 Å². The van der Waals surface area contributed by atoms with Gasteiger partial charge in [-0.2, -0.15) is 0 Å². The molecule has 0 aliphatic heterocycles. The predicted octanol–water partition coefficient (Wildman–Crippen LogP) is 2.04. The second kappa shape index (κ2) is 11.0. The zero-order valence-electron chi connectivity index (χ0n) is 10.3. The number of aliphatic hydroxyl groups is 2. The van der Waals surface area contributed by atoms with Gasteiger partial charge in [-0.15, -0.1) is 0 Å². The first kappa shape index (κ1) is 15.5. The quantitative estimate of drug-likeness (QED) is 0.418. The molecule has 0 aromatic rings. The van der Waals surface area contributed by atoms with Crippen LogP contribution in [0.25, 0.3) is 0 Å². The van der Waals surface area contributed by atoms with Crippen molar-refractivity contribution in [3.8, 4) is 23.7 Å². The molecular weight excluding hydrogens is 212 g/mol. The van der Waals surface area contributed by atoms with E-state index in [1.54, 1.807) is 6.08 Å². The predicted molar refractivity (Wildman–Crippen MR) is 71.0 cm³/mol. The Bertz CT molecular complexity index is 347. The summed E-state index contributed by atoms with van der Waals surface area (Å²) in [5.74, 6) is 9.94. The highest BCUT2D eigenvalue weighted by Crippen LogP contribution is 2.00. The van der Waals surface area contributed by atoms with Gasteiger partial charge in [0.2, 0.25) is 0 Å². The zero-order chi connectivity index (χ0) is 12.9. The third-order valence-electron chi connectivity index (χ3n) is 2.02. The fourth-order valence-corrected chi connectivity index (χ4v) is 1.06. The van der Waals surface area contributed by atoms with Crippen LogP contribution in [-0.4, -0.2) is 22.4 Å². The Labute approximate surface area is 104 Å². The zero-order valence-corrected chi connectivity index (χ0v) is 10.3. The lowest BCUT2D eigenvalue weighted by Crippen LogP contribution is -1.97. The van der Waals surface area contributed by atoms with Crippen LogP contribution >= 0.6 is 0 Å². The van der Waals surface area contributed by atoms with Crippen LogP contribution in [0.4, 0.5) is 0 Å². The number of hydrogen-bond donors (Lipinski definition) is 2. The first-order valence-corrected chi connectivity index (χ1v) is 5.87. The molecule has 0 aliphatic rings. The Kier molecular flexibility index (Phi) is 10.1. The molecule has 0 bridgehead atoms. The number of rotatable bonds is 6. The summed E-state index contributed by atoms with van der Waals surface area (Å²) in [6, 6.07) is 0.